The van der Waals surface area contributed by atoms with E-state index in [1.807, 2.05) is 56.3 Å². The molecule has 2 aromatic carbocycles. The van der Waals surface area contributed by atoms with Crippen LogP contribution in [0.25, 0.3) is 6.08 Å². The number of hydrogen-bond acceptors (Lipinski definition) is 5. The van der Waals surface area contributed by atoms with E-state index in [0.717, 1.165) is 40.0 Å². The second kappa shape index (κ2) is 9.63. The number of rotatable bonds is 7. The zero-order chi connectivity index (χ0) is 21.7. The van der Waals surface area contributed by atoms with Crippen molar-refractivity contribution in [3.8, 4) is 5.75 Å². The van der Waals surface area contributed by atoms with E-state index in [9.17, 15) is 14.4 Å². The minimum Gasteiger partial charge on any atom is -0.491 e. The summed E-state index contributed by atoms with van der Waals surface area (Å²) in [6.45, 7) is 5.65. The third-order valence-electron chi connectivity index (χ3n) is 4.57. The predicted octanol–water partition coefficient (Wildman–Crippen LogP) is 4.85. The Bertz CT molecular complexity index is 985. The normalized spacial score (nSPS) is 16.1. The first-order valence-corrected chi connectivity index (χ1v) is 10.6. The topological polar surface area (TPSA) is 75.7 Å². The molecule has 0 bridgehead atoms. The van der Waals surface area contributed by atoms with Gasteiger partial charge in [0.1, 0.15) is 12.3 Å². The van der Waals surface area contributed by atoms with Crippen LogP contribution in [0.15, 0.2) is 53.4 Å². The standard InChI is InChI=1S/C23H24N2O4S/c1-4-16(3)29-19-10-8-17(9-11-19)13-20-22(27)25(23(28)30-20)14-21(26)24-18-7-5-6-15(2)12-18/h5-13,16H,4,14H2,1-3H3,(H,24,26)/b20-13-/t16-/m1/s1. The Hall–Kier alpha value is -3.06. The number of carbonyl (C=O) groups excluding carboxylic acids is 3. The lowest BCUT2D eigenvalue weighted by atomic mass is 10.2. The Morgan fingerprint density at radius 1 is 1.20 bits per heavy atom. The molecule has 156 valence electrons. The number of anilines is 1. The van der Waals surface area contributed by atoms with Crippen LogP contribution in [0.2, 0.25) is 0 Å². The summed E-state index contributed by atoms with van der Waals surface area (Å²) in [5.41, 5.74) is 2.41. The van der Waals surface area contributed by atoms with E-state index >= 15 is 0 Å². The Balaban J connectivity index is 1.64. The Morgan fingerprint density at radius 3 is 2.60 bits per heavy atom. The molecule has 1 aliphatic heterocycles. The third kappa shape index (κ3) is 5.51. The molecule has 0 aliphatic carbocycles. The van der Waals surface area contributed by atoms with Gasteiger partial charge in [0.2, 0.25) is 5.91 Å². The first kappa shape index (κ1) is 21.6. The van der Waals surface area contributed by atoms with E-state index in [1.54, 1.807) is 12.1 Å². The van der Waals surface area contributed by atoms with Gasteiger partial charge in [-0.05, 0) is 73.5 Å². The second-order valence-corrected chi connectivity index (χ2v) is 8.08. The first-order valence-electron chi connectivity index (χ1n) is 9.74. The smallest absolute Gasteiger partial charge is 0.294 e. The molecule has 1 fully saturated rings. The van der Waals surface area contributed by atoms with E-state index in [4.69, 9.17) is 4.74 Å². The fourth-order valence-corrected chi connectivity index (χ4v) is 3.65. The summed E-state index contributed by atoms with van der Waals surface area (Å²) in [7, 11) is 0. The van der Waals surface area contributed by atoms with Gasteiger partial charge in [0.15, 0.2) is 0 Å². The maximum Gasteiger partial charge on any atom is 0.294 e. The molecule has 6 nitrogen and oxygen atoms in total. The molecule has 7 heteroatoms. The summed E-state index contributed by atoms with van der Waals surface area (Å²) in [5, 5.41) is 2.26. The molecule has 0 spiro atoms. The van der Waals surface area contributed by atoms with E-state index in [2.05, 4.69) is 12.2 Å². The van der Waals surface area contributed by atoms with Crippen molar-refractivity contribution in [1.82, 2.24) is 4.90 Å². The van der Waals surface area contributed by atoms with Gasteiger partial charge in [-0.3, -0.25) is 19.3 Å². The van der Waals surface area contributed by atoms with Crippen LogP contribution >= 0.6 is 11.8 Å². The summed E-state index contributed by atoms with van der Waals surface area (Å²) in [5.74, 6) is -0.137. The lowest BCUT2D eigenvalue weighted by molar-refractivity contribution is -0.127. The highest BCUT2D eigenvalue weighted by molar-refractivity contribution is 8.18. The average molecular weight is 425 g/mol. The van der Waals surface area contributed by atoms with Gasteiger partial charge >= 0.3 is 0 Å². The molecule has 0 unspecified atom stereocenters. The highest BCUT2D eigenvalue weighted by Gasteiger charge is 2.36. The second-order valence-electron chi connectivity index (χ2n) is 7.09. The van der Waals surface area contributed by atoms with Gasteiger partial charge in [-0.2, -0.15) is 0 Å². The van der Waals surface area contributed by atoms with Crippen molar-refractivity contribution in [1.29, 1.82) is 0 Å². The molecular weight excluding hydrogens is 400 g/mol. The summed E-state index contributed by atoms with van der Waals surface area (Å²) in [6.07, 6.45) is 2.68. The Labute approximate surface area is 180 Å². The number of imide groups is 1. The number of aryl methyl sites for hydroxylation is 1. The number of hydrogen-bond donors (Lipinski definition) is 1. The highest BCUT2D eigenvalue weighted by Crippen LogP contribution is 2.32. The molecule has 1 saturated heterocycles. The SMILES string of the molecule is CC[C@@H](C)Oc1ccc(/C=C2\SC(=O)N(CC(=O)Nc3cccc(C)c3)C2=O)cc1. The van der Waals surface area contributed by atoms with E-state index in [-0.39, 0.29) is 12.6 Å². The van der Waals surface area contributed by atoms with Gasteiger partial charge in [0.25, 0.3) is 11.1 Å². The summed E-state index contributed by atoms with van der Waals surface area (Å²) < 4.78 is 5.74. The Kier molecular flexibility index (Phi) is 6.95. The average Bonchev–Trinajstić information content (AvgIpc) is 2.96. The first-order chi connectivity index (χ1) is 14.4. The third-order valence-corrected chi connectivity index (χ3v) is 5.47. The van der Waals surface area contributed by atoms with Crippen molar-refractivity contribution in [2.45, 2.75) is 33.3 Å². The molecule has 0 saturated carbocycles. The van der Waals surface area contributed by atoms with Crippen molar-refractivity contribution in [3.63, 3.8) is 0 Å². The molecule has 1 heterocycles. The van der Waals surface area contributed by atoms with Crippen LogP contribution in [0.4, 0.5) is 10.5 Å². The van der Waals surface area contributed by atoms with Gasteiger partial charge in [-0.25, -0.2) is 0 Å². The maximum absolute atomic E-state index is 12.6. The fourth-order valence-electron chi connectivity index (χ4n) is 2.81. The molecule has 3 amide bonds. The molecule has 30 heavy (non-hydrogen) atoms. The molecular formula is C23H24N2O4S. The van der Waals surface area contributed by atoms with Crippen LogP contribution in [-0.2, 0) is 9.59 Å². The van der Waals surface area contributed by atoms with Gasteiger partial charge in [-0.15, -0.1) is 0 Å². The van der Waals surface area contributed by atoms with E-state index in [0.29, 0.717) is 10.6 Å². The summed E-state index contributed by atoms with van der Waals surface area (Å²) >= 11 is 0.833. The molecule has 1 N–H and O–H groups in total. The van der Waals surface area contributed by atoms with Crippen molar-refractivity contribution in [3.05, 3.63) is 64.6 Å². The van der Waals surface area contributed by atoms with Crippen LogP contribution in [0.5, 0.6) is 5.75 Å². The van der Waals surface area contributed by atoms with E-state index in [1.165, 1.54) is 0 Å². The predicted molar refractivity (Wildman–Crippen MR) is 119 cm³/mol. The van der Waals surface area contributed by atoms with Crippen molar-refractivity contribution >= 4 is 40.6 Å². The number of benzene rings is 2. The minimum atomic E-state index is -0.468. The summed E-state index contributed by atoms with van der Waals surface area (Å²) in [6, 6.07) is 14.6. The van der Waals surface area contributed by atoms with Gasteiger partial charge in [0, 0.05) is 5.69 Å². The molecule has 3 rings (SSSR count). The van der Waals surface area contributed by atoms with Crippen LogP contribution in [0, 0.1) is 6.92 Å². The van der Waals surface area contributed by atoms with Crippen molar-refractivity contribution < 1.29 is 19.1 Å². The zero-order valence-corrected chi connectivity index (χ0v) is 18.0. The fraction of sp³-hybridized carbons (Fsp3) is 0.261. The number of thioether (sulfide) groups is 1. The monoisotopic (exact) mass is 424 g/mol. The minimum absolute atomic E-state index is 0.123. The van der Waals surface area contributed by atoms with Crippen LogP contribution in [0.3, 0.4) is 0 Å². The maximum atomic E-state index is 12.6. The number of ether oxygens (including phenoxy) is 1. The van der Waals surface area contributed by atoms with Gasteiger partial charge < -0.3 is 10.1 Å². The van der Waals surface area contributed by atoms with Crippen LogP contribution in [-0.4, -0.2) is 34.6 Å². The molecule has 1 atom stereocenters. The molecule has 1 aliphatic rings. The molecule has 0 aromatic heterocycles. The molecule has 0 radical (unpaired) electrons. The highest BCUT2D eigenvalue weighted by atomic mass is 32.2. The lowest BCUT2D eigenvalue weighted by Crippen LogP contribution is -2.36. The van der Waals surface area contributed by atoms with Gasteiger partial charge in [-0.1, -0.05) is 31.2 Å². The number of carbonyl (C=O) groups is 3. The number of nitrogens with one attached hydrogen (secondary N) is 1. The van der Waals surface area contributed by atoms with Crippen LogP contribution in [0.1, 0.15) is 31.4 Å². The zero-order valence-electron chi connectivity index (χ0n) is 17.2. The Morgan fingerprint density at radius 2 is 1.93 bits per heavy atom. The van der Waals surface area contributed by atoms with Crippen LogP contribution < -0.4 is 10.1 Å². The molecule has 2 aromatic rings. The lowest BCUT2D eigenvalue weighted by Gasteiger charge is -2.13. The largest absolute Gasteiger partial charge is 0.491 e. The van der Waals surface area contributed by atoms with Crippen molar-refractivity contribution in [2.75, 3.05) is 11.9 Å². The summed E-state index contributed by atoms with van der Waals surface area (Å²) in [4.78, 5) is 38.4. The number of nitrogens with zero attached hydrogens (tertiary/aromatic N) is 1. The van der Waals surface area contributed by atoms with Crippen molar-refractivity contribution in [2.24, 2.45) is 0 Å². The van der Waals surface area contributed by atoms with E-state index < -0.39 is 17.1 Å². The van der Waals surface area contributed by atoms with Gasteiger partial charge in [0.05, 0.1) is 11.0 Å². The number of amides is 3. The quantitative estimate of drug-likeness (QED) is 0.643.